The van der Waals surface area contributed by atoms with Crippen molar-refractivity contribution < 1.29 is 9.53 Å². The highest BCUT2D eigenvalue weighted by Crippen LogP contribution is 2.24. The van der Waals surface area contributed by atoms with E-state index in [1.54, 1.807) is 0 Å². The zero-order valence-corrected chi connectivity index (χ0v) is 14.0. The third-order valence-corrected chi connectivity index (χ3v) is 4.27. The molecule has 23 heavy (non-hydrogen) atoms. The lowest BCUT2D eigenvalue weighted by atomic mass is 10.0. The Morgan fingerprint density at radius 2 is 1.65 bits per heavy atom. The summed E-state index contributed by atoms with van der Waals surface area (Å²) in [6.07, 6.45) is -0.0424. The minimum atomic E-state index is -0.0424. The minimum absolute atomic E-state index is 0.0424. The molecule has 0 radical (unpaired) electrons. The van der Waals surface area contributed by atoms with Crippen LogP contribution in [0.25, 0.3) is 0 Å². The Hall–Kier alpha value is -2.13. The van der Waals surface area contributed by atoms with Crippen LogP contribution >= 0.6 is 0 Å². The molecular formula is C20H23NO2. The van der Waals surface area contributed by atoms with Crippen molar-refractivity contribution >= 4 is 5.91 Å². The van der Waals surface area contributed by atoms with Crippen molar-refractivity contribution in [3.05, 3.63) is 70.3 Å². The number of morpholine rings is 1. The van der Waals surface area contributed by atoms with Crippen LogP contribution in [0.3, 0.4) is 0 Å². The maximum Gasteiger partial charge on any atom is 0.254 e. The minimum Gasteiger partial charge on any atom is -0.370 e. The van der Waals surface area contributed by atoms with Crippen molar-refractivity contribution in [2.75, 3.05) is 19.7 Å². The van der Waals surface area contributed by atoms with Crippen LogP contribution in [0, 0.1) is 20.8 Å². The predicted octanol–water partition coefficient (Wildman–Crippen LogP) is 3.83. The number of aryl methyl sites for hydroxylation is 3. The van der Waals surface area contributed by atoms with Gasteiger partial charge < -0.3 is 9.64 Å². The zero-order valence-electron chi connectivity index (χ0n) is 14.0. The molecule has 120 valence electrons. The number of benzene rings is 2. The van der Waals surface area contributed by atoms with Gasteiger partial charge in [0, 0.05) is 12.1 Å². The Bertz CT molecular complexity index is 686. The molecule has 2 aromatic carbocycles. The molecule has 0 N–H and O–H groups in total. The monoisotopic (exact) mass is 309 g/mol. The summed E-state index contributed by atoms with van der Waals surface area (Å²) in [6, 6.07) is 14.4. The zero-order chi connectivity index (χ0) is 16.4. The number of nitrogens with zero attached hydrogens (tertiary/aromatic N) is 1. The van der Waals surface area contributed by atoms with Gasteiger partial charge in [0.05, 0.1) is 13.2 Å². The van der Waals surface area contributed by atoms with Crippen molar-refractivity contribution in [2.45, 2.75) is 26.9 Å². The largest absolute Gasteiger partial charge is 0.370 e. The highest BCUT2D eigenvalue weighted by molar-refractivity contribution is 5.94. The Morgan fingerprint density at radius 1 is 1.00 bits per heavy atom. The number of amides is 1. The Kier molecular flexibility index (Phi) is 4.49. The number of hydrogen-bond acceptors (Lipinski definition) is 2. The number of rotatable bonds is 2. The summed E-state index contributed by atoms with van der Waals surface area (Å²) in [5, 5.41) is 0. The fraction of sp³-hybridized carbons (Fsp3) is 0.350. The molecule has 0 aliphatic carbocycles. The molecule has 3 nitrogen and oxygen atoms in total. The Labute approximate surface area is 137 Å². The van der Waals surface area contributed by atoms with Crippen molar-refractivity contribution in [3.63, 3.8) is 0 Å². The molecule has 1 atom stereocenters. The molecule has 0 aromatic heterocycles. The lowest BCUT2D eigenvalue weighted by Gasteiger charge is -2.33. The van der Waals surface area contributed by atoms with E-state index in [0.717, 1.165) is 22.3 Å². The highest BCUT2D eigenvalue weighted by Gasteiger charge is 2.26. The van der Waals surface area contributed by atoms with Crippen LogP contribution in [0.5, 0.6) is 0 Å². The molecule has 1 unspecified atom stereocenters. The van der Waals surface area contributed by atoms with Crippen LogP contribution in [0.1, 0.15) is 38.7 Å². The standard InChI is InChI=1S/C20H23NO2/c1-14-4-6-17(7-5-14)19-13-21(8-9-23-19)20(22)18-11-15(2)10-16(3)12-18/h4-7,10-12,19H,8-9,13H2,1-3H3. The van der Waals surface area contributed by atoms with Gasteiger partial charge in [-0.3, -0.25) is 4.79 Å². The van der Waals surface area contributed by atoms with E-state index in [2.05, 4.69) is 37.3 Å². The van der Waals surface area contributed by atoms with Gasteiger partial charge in [0.2, 0.25) is 0 Å². The third kappa shape index (κ3) is 3.62. The number of carbonyl (C=O) groups excluding carboxylic acids is 1. The second-order valence-electron chi connectivity index (χ2n) is 6.40. The van der Waals surface area contributed by atoms with E-state index in [4.69, 9.17) is 4.74 Å². The van der Waals surface area contributed by atoms with E-state index in [1.807, 2.05) is 30.9 Å². The molecule has 1 amide bonds. The topological polar surface area (TPSA) is 29.5 Å². The van der Waals surface area contributed by atoms with E-state index >= 15 is 0 Å². The van der Waals surface area contributed by atoms with E-state index in [1.165, 1.54) is 5.56 Å². The molecule has 1 aliphatic heterocycles. The lowest BCUT2D eigenvalue weighted by molar-refractivity contribution is -0.0228. The first-order valence-corrected chi connectivity index (χ1v) is 8.08. The summed E-state index contributed by atoms with van der Waals surface area (Å²) in [5.74, 6) is 0.0946. The van der Waals surface area contributed by atoms with Crippen molar-refractivity contribution in [3.8, 4) is 0 Å². The molecular weight excluding hydrogens is 286 g/mol. The molecule has 1 fully saturated rings. The van der Waals surface area contributed by atoms with Gasteiger partial charge in [-0.25, -0.2) is 0 Å². The van der Waals surface area contributed by atoms with Gasteiger partial charge in [0.15, 0.2) is 0 Å². The van der Waals surface area contributed by atoms with Gasteiger partial charge in [0.25, 0.3) is 5.91 Å². The molecule has 0 saturated carbocycles. The van der Waals surface area contributed by atoms with Gasteiger partial charge in [-0.15, -0.1) is 0 Å². The smallest absolute Gasteiger partial charge is 0.254 e. The third-order valence-electron chi connectivity index (χ3n) is 4.27. The van der Waals surface area contributed by atoms with Gasteiger partial charge in [-0.2, -0.15) is 0 Å². The molecule has 1 aliphatic rings. The summed E-state index contributed by atoms with van der Waals surface area (Å²) >= 11 is 0. The molecule has 1 heterocycles. The van der Waals surface area contributed by atoms with Gasteiger partial charge >= 0.3 is 0 Å². The van der Waals surface area contributed by atoms with Crippen LogP contribution in [0.15, 0.2) is 42.5 Å². The van der Waals surface area contributed by atoms with Crippen LogP contribution in [-0.4, -0.2) is 30.5 Å². The maximum absolute atomic E-state index is 12.8. The van der Waals surface area contributed by atoms with Crippen molar-refractivity contribution in [1.29, 1.82) is 0 Å². The quantitative estimate of drug-likeness (QED) is 0.844. The summed E-state index contributed by atoms with van der Waals surface area (Å²) in [7, 11) is 0. The first-order valence-electron chi connectivity index (χ1n) is 8.08. The summed E-state index contributed by atoms with van der Waals surface area (Å²) in [6.45, 7) is 7.95. The van der Waals surface area contributed by atoms with E-state index in [0.29, 0.717) is 19.7 Å². The number of ether oxygens (including phenoxy) is 1. The normalized spacial score (nSPS) is 18.0. The molecule has 3 heteroatoms. The van der Waals surface area contributed by atoms with Crippen LogP contribution in [-0.2, 0) is 4.74 Å². The fourth-order valence-electron chi connectivity index (χ4n) is 3.10. The van der Waals surface area contributed by atoms with E-state index in [-0.39, 0.29) is 12.0 Å². The number of hydrogen-bond donors (Lipinski definition) is 0. The second-order valence-corrected chi connectivity index (χ2v) is 6.40. The van der Waals surface area contributed by atoms with E-state index < -0.39 is 0 Å². The average Bonchev–Trinajstić information content (AvgIpc) is 2.54. The van der Waals surface area contributed by atoms with Gasteiger partial charge in [-0.05, 0) is 38.5 Å². The van der Waals surface area contributed by atoms with Crippen molar-refractivity contribution in [2.24, 2.45) is 0 Å². The van der Waals surface area contributed by atoms with Crippen LogP contribution < -0.4 is 0 Å². The second kappa shape index (κ2) is 6.55. The molecule has 1 saturated heterocycles. The summed E-state index contributed by atoms with van der Waals surface area (Å²) in [4.78, 5) is 14.7. The highest BCUT2D eigenvalue weighted by atomic mass is 16.5. The Morgan fingerprint density at radius 3 is 2.30 bits per heavy atom. The van der Waals surface area contributed by atoms with Gasteiger partial charge in [0.1, 0.15) is 6.10 Å². The van der Waals surface area contributed by atoms with Gasteiger partial charge in [-0.1, -0.05) is 47.0 Å². The van der Waals surface area contributed by atoms with E-state index in [9.17, 15) is 4.79 Å². The summed E-state index contributed by atoms with van der Waals surface area (Å²) < 4.78 is 5.87. The molecule has 3 rings (SSSR count). The SMILES string of the molecule is Cc1ccc(C2CN(C(=O)c3cc(C)cc(C)c3)CCO2)cc1. The van der Waals surface area contributed by atoms with Crippen LogP contribution in [0.2, 0.25) is 0 Å². The molecule has 0 bridgehead atoms. The Balaban J connectivity index is 1.77. The predicted molar refractivity (Wildman–Crippen MR) is 91.7 cm³/mol. The molecule has 0 spiro atoms. The average molecular weight is 309 g/mol. The first-order chi connectivity index (χ1) is 11.0. The first kappa shape index (κ1) is 15.8. The lowest BCUT2D eigenvalue weighted by Crippen LogP contribution is -2.42. The van der Waals surface area contributed by atoms with Crippen LogP contribution in [0.4, 0.5) is 0 Å². The van der Waals surface area contributed by atoms with Crippen molar-refractivity contribution in [1.82, 2.24) is 4.90 Å². The molecule has 2 aromatic rings. The fourth-order valence-corrected chi connectivity index (χ4v) is 3.10. The number of carbonyl (C=O) groups is 1. The summed E-state index contributed by atoms with van der Waals surface area (Å²) in [5.41, 5.74) is 5.38. The maximum atomic E-state index is 12.8.